The molecule has 0 bridgehead atoms. The van der Waals surface area contributed by atoms with Crippen LogP contribution in [0.3, 0.4) is 0 Å². The van der Waals surface area contributed by atoms with E-state index >= 15 is 0 Å². The van der Waals surface area contributed by atoms with E-state index < -0.39 is 0 Å². The van der Waals surface area contributed by atoms with Gasteiger partial charge in [-0.05, 0) is 26.0 Å². The molecule has 17 heavy (non-hydrogen) atoms. The van der Waals surface area contributed by atoms with Crippen LogP contribution in [0.4, 0.5) is 0 Å². The van der Waals surface area contributed by atoms with Crippen LogP contribution in [0, 0.1) is 13.8 Å². The van der Waals surface area contributed by atoms with Gasteiger partial charge in [0.2, 0.25) is 0 Å². The van der Waals surface area contributed by atoms with Crippen molar-refractivity contribution in [1.82, 2.24) is 4.98 Å². The lowest BCUT2D eigenvalue weighted by Gasteiger charge is -2.03. The van der Waals surface area contributed by atoms with E-state index in [0.717, 1.165) is 21.3 Å². The van der Waals surface area contributed by atoms with Gasteiger partial charge in [-0.2, -0.15) is 0 Å². The van der Waals surface area contributed by atoms with Gasteiger partial charge >= 0.3 is 0 Å². The molecule has 0 saturated carbocycles. The van der Waals surface area contributed by atoms with E-state index in [4.69, 9.17) is 9.84 Å². The van der Waals surface area contributed by atoms with Crippen LogP contribution in [-0.2, 0) is 13.2 Å². The van der Waals surface area contributed by atoms with Gasteiger partial charge in [0.15, 0.2) is 0 Å². The highest BCUT2D eigenvalue weighted by atomic mass is 32.1. The summed E-state index contributed by atoms with van der Waals surface area (Å²) in [4.78, 5) is 5.36. The van der Waals surface area contributed by atoms with Crippen LogP contribution in [-0.4, -0.2) is 10.1 Å². The Hall–Kier alpha value is -1.39. The SMILES string of the molecule is Cc1ccc(OCc2nc(CO)c(C)s2)cc1. The highest BCUT2D eigenvalue weighted by Crippen LogP contribution is 2.20. The van der Waals surface area contributed by atoms with Gasteiger partial charge in [-0.1, -0.05) is 17.7 Å². The maximum absolute atomic E-state index is 9.05. The largest absolute Gasteiger partial charge is 0.486 e. The van der Waals surface area contributed by atoms with Gasteiger partial charge in [0.25, 0.3) is 0 Å². The lowest BCUT2D eigenvalue weighted by Crippen LogP contribution is -1.95. The van der Waals surface area contributed by atoms with Gasteiger partial charge in [-0.3, -0.25) is 0 Å². The Labute approximate surface area is 105 Å². The van der Waals surface area contributed by atoms with Crippen molar-refractivity contribution in [3.63, 3.8) is 0 Å². The van der Waals surface area contributed by atoms with Gasteiger partial charge in [-0.15, -0.1) is 11.3 Å². The first-order chi connectivity index (χ1) is 8.19. The average Bonchev–Trinajstić information content (AvgIpc) is 2.69. The number of ether oxygens (including phenoxy) is 1. The van der Waals surface area contributed by atoms with Gasteiger partial charge in [-0.25, -0.2) is 4.98 Å². The molecule has 0 aliphatic heterocycles. The van der Waals surface area contributed by atoms with Gasteiger partial charge < -0.3 is 9.84 Å². The number of aromatic nitrogens is 1. The van der Waals surface area contributed by atoms with E-state index in [1.165, 1.54) is 5.56 Å². The Morgan fingerprint density at radius 1 is 1.24 bits per heavy atom. The third kappa shape index (κ3) is 3.05. The minimum atomic E-state index is -0.00708. The maximum Gasteiger partial charge on any atom is 0.140 e. The van der Waals surface area contributed by atoms with Crippen molar-refractivity contribution in [2.75, 3.05) is 0 Å². The fraction of sp³-hybridized carbons (Fsp3) is 0.308. The monoisotopic (exact) mass is 249 g/mol. The van der Waals surface area contributed by atoms with Crippen LogP contribution in [0.2, 0.25) is 0 Å². The first-order valence-corrected chi connectivity index (χ1v) is 6.26. The first-order valence-electron chi connectivity index (χ1n) is 5.44. The average molecular weight is 249 g/mol. The molecular weight excluding hydrogens is 234 g/mol. The molecule has 1 aromatic carbocycles. The zero-order valence-corrected chi connectivity index (χ0v) is 10.8. The topological polar surface area (TPSA) is 42.4 Å². The van der Waals surface area contributed by atoms with E-state index in [0.29, 0.717) is 6.61 Å². The second-order valence-electron chi connectivity index (χ2n) is 3.87. The van der Waals surface area contributed by atoms with Crippen LogP contribution < -0.4 is 4.74 Å². The summed E-state index contributed by atoms with van der Waals surface area (Å²) in [6, 6.07) is 7.93. The number of aliphatic hydroxyl groups excluding tert-OH is 1. The number of rotatable bonds is 4. The lowest BCUT2D eigenvalue weighted by molar-refractivity contribution is 0.274. The molecule has 2 rings (SSSR count). The van der Waals surface area contributed by atoms with Crippen molar-refractivity contribution in [2.24, 2.45) is 0 Å². The highest BCUT2D eigenvalue weighted by molar-refractivity contribution is 7.11. The predicted octanol–water partition coefficient (Wildman–Crippen LogP) is 2.83. The zero-order chi connectivity index (χ0) is 12.3. The van der Waals surface area contributed by atoms with Crippen LogP contribution in [0.25, 0.3) is 0 Å². The van der Waals surface area contributed by atoms with E-state index in [-0.39, 0.29) is 6.61 Å². The summed E-state index contributed by atoms with van der Waals surface area (Å²) in [5.74, 6) is 0.842. The summed E-state index contributed by atoms with van der Waals surface area (Å²) in [5.41, 5.74) is 1.96. The second kappa shape index (κ2) is 5.29. The Kier molecular flexibility index (Phi) is 3.76. The summed E-state index contributed by atoms with van der Waals surface area (Å²) in [6.45, 7) is 4.45. The smallest absolute Gasteiger partial charge is 0.140 e. The van der Waals surface area contributed by atoms with Crippen LogP contribution >= 0.6 is 11.3 Å². The van der Waals surface area contributed by atoms with Crippen molar-refractivity contribution in [2.45, 2.75) is 27.1 Å². The number of benzene rings is 1. The number of aryl methyl sites for hydroxylation is 2. The molecule has 0 aliphatic carbocycles. The number of aliphatic hydroxyl groups is 1. The minimum absolute atomic E-state index is 0.00708. The van der Waals surface area contributed by atoms with Gasteiger partial charge in [0.1, 0.15) is 17.4 Å². The molecule has 0 aliphatic rings. The van der Waals surface area contributed by atoms with Crippen molar-refractivity contribution in [3.8, 4) is 5.75 Å². The molecule has 0 fully saturated rings. The molecule has 1 N–H and O–H groups in total. The molecule has 0 amide bonds. The normalized spacial score (nSPS) is 10.5. The summed E-state index contributed by atoms with van der Waals surface area (Å²) in [6.07, 6.45) is 0. The maximum atomic E-state index is 9.05. The number of nitrogens with zero attached hydrogens (tertiary/aromatic N) is 1. The molecule has 0 unspecified atom stereocenters. The highest BCUT2D eigenvalue weighted by Gasteiger charge is 2.06. The Balaban J connectivity index is 1.99. The van der Waals surface area contributed by atoms with E-state index in [1.807, 2.05) is 38.1 Å². The Morgan fingerprint density at radius 3 is 2.53 bits per heavy atom. The van der Waals surface area contributed by atoms with Gasteiger partial charge in [0.05, 0.1) is 12.3 Å². The third-order valence-electron chi connectivity index (χ3n) is 2.47. The zero-order valence-electron chi connectivity index (χ0n) is 9.93. The molecule has 90 valence electrons. The molecular formula is C13H15NO2S. The number of hydrogen-bond acceptors (Lipinski definition) is 4. The second-order valence-corrected chi connectivity index (χ2v) is 5.16. The molecule has 2 aromatic rings. The van der Waals surface area contributed by atoms with Crippen LogP contribution in [0.15, 0.2) is 24.3 Å². The predicted molar refractivity (Wildman–Crippen MR) is 68.3 cm³/mol. The van der Waals surface area contributed by atoms with E-state index in [9.17, 15) is 0 Å². The van der Waals surface area contributed by atoms with E-state index in [2.05, 4.69) is 4.98 Å². The summed E-state index contributed by atoms with van der Waals surface area (Å²) >= 11 is 1.57. The number of hydrogen-bond donors (Lipinski definition) is 1. The molecule has 1 aromatic heterocycles. The Bertz CT molecular complexity index is 491. The molecule has 3 nitrogen and oxygen atoms in total. The van der Waals surface area contributed by atoms with Crippen molar-refractivity contribution >= 4 is 11.3 Å². The van der Waals surface area contributed by atoms with Crippen LogP contribution in [0.1, 0.15) is 21.1 Å². The number of thiazole rings is 1. The fourth-order valence-electron chi connectivity index (χ4n) is 1.48. The summed E-state index contributed by atoms with van der Waals surface area (Å²) in [7, 11) is 0. The fourth-order valence-corrected chi connectivity index (χ4v) is 2.33. The van der Waals surface area contributed by atoms with Crippen LogP contribution in [0.5, 0.6) is 5.75 Å². The molecule has 0 atom stereocenters. The standard InChI is InChI=1S/C13H15NO2S/c1-9-3-5-11(6-4-9)16-8-13-14-12(7-15)10(2)17-13/h3-6,15H,7-8H2,1-2H3. The van der Waals surface area contributed by atoms with Crippen molar-refractivity contribution in [3.05, 3.63) is 45.4 Å². The quantitative estimate of drug-likeness (QED) is 0.906. The molecule has 4 heteroatoms. The molecule has 1 heterocycles. The van der Waals surface area contributed by atoms with E-state index in [1.54, 1.807) is 11.3 Å². The molecule has 0 saturated heterocycles. The third-order valence-corrected chi connectivity index (χ3v) is 3.46. The molecule has 0 spiro atoms. The molecule has 0 radical (unpaired) electrons. The minimum Gasteiger partial charge on any atom is -0.486 e. The summed E-state index contributed by atoms with van der Waals surface area (Å²) < 4.78 is 5.63. The lowest BCUT2D eigenvalue weighted by atomic mass is 10.2. The Morgan fingerprint density at radius 2 is 1.94 bits per heavy atom. The summed E-state index contributed by atoms with van der Waals surface area (Å²) in [5, 5.41) is 9.95. The van der Waals surface area contributed by atoms with Gasteiger partial charge in [0, 0.05) is 4.88 Å². The van der Waals surface area contributed by atoms with Crippen molar-refractivity contribution in [1.29, 1.82) is 0 Å². The first kappa shape index (κ1) is 12.1. The van der Waals surface area contributed by atoms with Crippen molar-refractivity contribution < 1.29 is 9.84 Å².